The molecule has 1 amide bonds. The molecule has 1 unspecified atom stereocenters. The molecule has 1 saturated heterocycles. The fourth-order valence-electron chi connectivity index (χ4n) is 3.58. The van der Waals surface area contributed by atoms with Gasteiger partial charge in [-0.25, -0.2) is 4.98 Å². The predicted molar refractivity (Wildman–Crippen MR) is 90.1 cm³/mol. The smallest absolute Gasteiger partial charge is 0.259 e. The molecule has 1 fully saturated rings. The average Bonchev–Trinajstić information content (AvgIpc) is 3.04. The van der Waals surface area contributed by atoms with Gasteiger partial charge in [-0.15, -0.1) is 0 Å². The number of hydrogen-bond acceptors (Lipinski definition) is 5. The highest BCUT2D eigenvalue weighted by atomic mass is 16.5. The second-order valence-electron chi connectivity index (χ2n) is 6.42. The summed E-state index contributed by atoms with van der Waals surface area (Å²) in [4.78, 5) is 31.1. The fraction of sp³-hybridized carbons (Fsp3) is 0.316. The summed E-state index contributed by atoms with van der Waals surface area (Å²) >= 11 is 0. The number of methoxy groups -OCH3 is 1. The Bertz CT molecular complexity index is 851. The first-order valence-electron chi connectivity index (χ1n) is 8.21. The topological polar surface area (TPSA) is 68.7 Å². The summed E-state index contributed by atoms with van der Waals surface area (Å²) in [5.41, 5.74) is 0.396. The van der Waals surface area contributed by atoms with Crippen molar-refractivity contribution < 1.29 is 19.1 Å². The molecule has 2 aliphatic rings. The van der Waals surface area contributed by atoms with Gasteiger partial charge >= 0.3 is 0 Å². The lowest BCUT2D eigenvalue weighted by Gasteiger charge is -2.34. The molecule has 6 heteroatoms. The van der Waals surface area contributed by atoms with Crippen LogP contribution in [0.25, 0.3) is 0 Å². The van der Waals surface area contributed by atoms with Crippen molar-refractivity contribution in [3.63, 3.8) is 0 Å². The number of benzene rings is 1. The fourth-order valence-corrected chi connectivity index (χ4v) is 3.58. The van der Waals surface area contributed by atoms with Crippen LogP contribution in [0.5, 0.6) is 11.6 Å². The van der Waals surface area contributed by atoms with E-state index in [0.717, 1.165) is 0 Å². The predicted octanol–water partition coefficient (Wildman–Crippen LogP) is 2.34. The van der Waals surface area contributed by atoms with Gasteiger partial charge in [-0.05, 0) is 24.3 Å². The maximum atomic E-state index is 12.8. The molecular weight excluding hydrogens is 320 g/mol. The molecule has 3 heterocycles. The minimum Gasteiger partial charge on any atom is -0.484 e. The molecule has 0 aliphatic carbocycles. The Morgan fingerprint density at radius 2 is 2.12 bits per heavy atom. The lowest BCUT2D eigenvalue weighted by atomic mass is 9.89. The van der Waals surface area contributed by atoms with Gasteiger partial charge in [0.1, 0.15) is 16.9 Å². The van der Waals surface area contributed by atoms with Gasteiger partial charge in [0.15, 0.2) is 5.78 Å². The van der Waals surface area contributed by atoms with Crippen LogP contribution in [-0.4, -0.2) is 47.4 Å². The van der Waals surface area contributed by atoms with E-state index < -0.39 is 5.60 Å². The molecule has 0 N–H and O–H groups in total. The van der Waals surface area contributed by atoms with Crippen LogP contribution in [0.2, 0.25) is 0 Å². The van der Waals surface area contributed by atoms with Crippen LogP contribution in [0.1, 0.15) is 33.6 Å². The van der Waals surface area contributed by atoms with Crippen molar-refractivity contribution in [3.8, 4) is 11.6 Å². The van der Waals surface area contributed by atoms with Crippen LogP contribution in [-0.2, 0) is 0 Å². The zero-order valence-corrected chi connectivity index (χ0v) is 13.9. The monoisotopic (exact) mass is 338 g/mol. The zero-order valence-electron chi connectivity index (χ0n) is 13.9. The summed E-state index contributed by atoms with van der Waals surface area (Å²) in [6.07, 6.45) is 2.50. The van der Waals surface area contributed by atoms with E-state index in [2.05, 4.69) is 4.98 Å². The second-order valence-corrected chi connectivity index (χ2v) is 6.42. The molecule has 1 aromatic heterocycles. The number of para-hydroxylation sites is 1. The van der Waals surface area contributed by atoms with Gasteiger partial charge in [-0.2, -0.15) is 0 Å². The number of ketones is 1. The van der Waals surface area contributed by atoms with Gasteiger partial charge in [0.05, 0.1) is 25.6 Å². The van der Waals surface area contributed by atoms with E-state index in [9.17, 15) is 9.59 Å². The molecule has 4 rings (SSSR count). The third-order valence-corrected chi connectivity index (χ3v) is 4.80. The SMILES string of the molecule is COc1ncccc1C(=O)N1CCC2(CC(=O)c3ccccc3O2)C1. The van der Waals surface area contributed by atoms with E-state index >= 15 is 0 Å². The summed E-state index contributed by atoms with van der Waals surface area (Å²) in [6, 6.07) is 10.7. The Morgan fingerprint density at radius 1 is 1.28 bits per heavy atom. The first kappa shape index (κ1) is 15.6. The van der Waals surface area contributed by atoms with Crippen molar-refractivity contribution in [2.24, 2.45) is 0 Å². The van der Waals surface area contributed by atoms with Crippen LogP contribution >= 0.6 is 0 Å². The summed E-state index contributed by atoms with van der Waals surface area (Å²) < 4.78 is 11.3. The molecule has 25 heavy (non-hydrogen) atoms. The Hall–Kier alpha value is -2.89. The Balaban J connectivity index is 1.58. The van der Waals surface area contributed by atoms with Gasteiger partial charge in [0, 0.05) is 19.2 Å². The number of rotatable bonds is 2. The molecule has 1 atom stereocenters. The highest BCUT2D eigenvalue weighted by Crippen LogP contribution is 2.39. The lowest BCUT2D eigenvalue weighted by Crippen LogP contribution is -2.45. The third-order valence-electron chi connectivity index (χ3n) is 4.80. The second kappa shape index (κ2) is 5.88. The van der Waals surface area contributed by atoms with Crippen molar-refractivity contribution in [3.05, 3.63) is 53.7 Å². The molecule has 0 bridgehead atoms. The molecule has 0 saturated carbocycles. The number of hydrogen-bond donors (Lipinski definition) is 0. The maximum Gasteiger partial charge on any atom is 0.259 e. The molecule has 2 aliphatic heterocycles. The third kappa shape index (κ3) is 2.63. The van der Waals surface area contributed by atoms with Crippen molar-refractivity contribution in [1.82, 2.24) is 9.88 Å². The minimum atomic E-state index is -0.642. The van der Waals surface area contributed by atoms with Gasteiger partial charge in [0.25, 0.3) is 5.91 Å². The van der Waals surface area contributed by atoms with Crippen LogP contribution in [0.3, 0.4) is 0 Å². The van der Waals surface area contributed by atoms with E-state index in [1.807, 2.05) is 18.2 Å². The van der Waals surface area contributed by atoms with E-state index in [0.29, 0.717) is 42.3 Å². The molecule has 6 nitrogen and oxygen atoms in total. The van der Waals surface area contributed by atoms with Crippen molar-refractivity contribution in [2.75, 3.05) is 20.2 Å². The number of ether oxygens (including phenoxy) is 2. The van der Waals surface area contributed by atoms with Crippen molar-refractivity contribution in [2.45, 2.75) is 18.4 Å². The number of carbonyl (C=O) groups is 2. The van der Waals surface area contributed by atoms with Gasteiger partial charge in [-0.3, -0.25) is 9.59 Å². The summed E-state index contributed by atoms with van der Waals surface area (Å²) in [7, 11) is 1.49. The first-order chi connectivity index (χ1) is 12.1. The molecule has 1 aromatic carbocycles. The zero-order chi connectivity index (χ0) is 17.4. The van der Waals surface area contributed by atoms with E-state index in [1.54, 1.807) is 29.3 Å². The Labute approximate surface area is 145 Å². The quantitative estimate of drug-likeness (QED) is 0.841. The summed E-state index contributed by atoms with van der Waals surface area (Å²) in [5.74, 6) is 0.818. The van der Waals surface area contributed by atoms with E-state index in [4.69, 9.17) is 9.47 Å². The molecular formula is C19H18N2O4. The van der Waals surface area contributed by atoms with Gasteiger partial charge < -0.3 is 14.4 Å². The number of pyridine rings is 1. The minimum absolute atomic E-state index is 0.0649. The van der Waals surface area contributed by atoms with Crippen LogP contribution < -0.4 is 9.47 Å². The molecule has 2 aromatic rings. The van der Waals surface area contributed by atoms with Crippen molar-refractivity contribution in [1.29, 1.82) is 0 Å². The summed E-state index contributed by atoms with van der Waals surface area (Å²) in [6.45, 7) is 0.913. The highest BCUT2D eigenvalue weighted by molar-refractivity contribution is 6.01. The molecule has 0 radical (unpaired) electrons. The Kier molecular flexibility index (Phi) is 3.67. The maximum absolute atomic E-state index is 12.8. The van der Waals surface area contributed by atoms with E-state index in [-0.39, 0.29) is 18.1 Å². The van der Waals surface area contributed by atoms with Crippen LogP contribution in [0.4, 0.5) is 0 Å². The highest BCUT2D eigenvalue weighted by Gasteiger charge is 2.47. The van der Waals surface area contributed by atoms with E-state index in [1.165, 1.54) is 7.11 Å². The first-order valence-corrected chi connectivity index (χ1v) is 8.21. The standard InChI is InChI=1S/C19H18N2O4/c1-24-17-14(6-4-9-20-17)18(23)21-10-8-19(12-21)11-15(22)13-5-2-3-7-16(13)25-19/h2-7,9H,8,10-12H2,1H3. The number of aromatic nitrogens is 1. The number of Topliss-reactive ketones (excluding diaryl/α,β-unsaturated/α-hetero) is 1. The number of amides is 1. The Morgan fingerprint density at radius 3 is 2.96 bits per heavy atom. The number of likely N-dealkylation sites (tertiary alicyclic amines) is 1. The number of fused-ring (bicyclic) bond motifs is 1. The number of carbonyl (C=O) groups excluding carboxylic acids is 2. The number of nitrogens with zero attached hydrogens (tertiary/aromatic N) is 2. The lowest BCUT2D eigenvalue weighted by molar-refractivity contribution is 0.0427. The van der Waals surface area contributed by atoms with Gasteiger partial charge in [0.2, 0.25) is 5.88 Å². The average molecular weight is 338 g/mol. The van der Waals surface area contributed by atoms with Crippen LogP contribution in [0.15, 0.2) is 42.6 Å². The molecule has 128 valence electrons. The molecule has 1 spiro atoms. The summed E-state index contributed by atoms with van der Waals surface area (Å²) in [5, 5.41) is 0. The van der Waals surface area contributed by atoms with Gasteiger partial charge in [-0.1, -0.05) is 12.1 Å². The van der Waals surface area contributed by atoms with Crippen molar-refractivity contribution >= 4 is 11.7 Å². The largest absolute Gasteiger partial charge is 0.484 e. The normalized spacial score (nSPS) is 21.8. The van der Waals surface area contributed by atoms with Crippen LogP contribution in [0, 0.1) is 0 Å².